The zero-order valence-corrected chi connectivity index (χ0v) is 11.8. The maximum absolute atomic E-state index is 13.1. The Bertz CT molecular complexity index is 564. The van der Waals surface area contributed by atoms with Crippen molar-refractivity contribution in [1.82, 2.24) is 0 Å². The summed E-state index contributed by atoms with van der Waals surface area (Å²) in [6.45, 7) is -0.585. The topological polar surface area (TPSA) is 83.8 Å². The number of ether oxygens (including phenoxy) is 1. The summed E-state index contributed by atoms with van der Waals surface area (Å²) in [5.74, 6) is -5.83. The minimum atomic E-state index is -5.08. The van der Waals surface area contributed by atoms with E-state index in [1.807, 2.05) is 0 Å². The molecule has 0 aliphatic carbocycles. The average Bonchev–Trinajstić information content (AvgIpc) is 2.43. The molecule has 2 N–H and O–H groups in total. The van der Waals surface area contributed by atoms with Crippen LogP contribution in [0, 0.1) is 0 Å². The molecular formula is C12H12F4O5S. The lowest BCUT2D eigenvalue weighted by molar-refractivity contribution is -0.162. The van der Waals surface area contributed by atoms with Gasteiger partial charge in [-0.15, -0.1) is 0 Å². The number of benzene rings is 1. The quantitative estimate of drug-likeness (QED) is 0.344. The molecule has 0 fully saturated rings. The molecule has 1 aromatic carbocycles. The number of halogens is 4. The third kappa shape index (κ3) is 4.41. The van der Waals surface area contributed by atoms with Crippen LogP contribution in [-0.2, 0) is 15.8 Å². The molecule has 124 valence electrons. The number of hydrogen-bond donors (Lipinski definition) is 2. The third-order valence-corrected chi connectivity index (χ3v) is 3.33. The Morgan fingerprint density at radius 3 is 2.45 bits per heavy atom. The number of phenolic OH excluding ortho intramolecular Hbond substituents is 1. The molecule has 1 aromatic rings. The van der Waals surface area contributed by atoms with Gasteiger partial charge in [-0.1, -0.05) is 6.07 Å². The Morgan fingerprint density at radius 1 is 1.27 bits per heavy atom. The zero-order valence-electron chi connectivity index (χ0n) is 11.0. The summed E-state index contributed by atoms with van der Waals surface area (Å²) in [6.07, 6.45) is -2.07. The van der Waals surface area contributed by atoms with Crippen molar-refractivity contribution >= 4 is 17.0 Å². The minimum absolute atomic E-state index is 0.0337. The molecule has 0 aliphatic heterocycles. The lowest BCUT2D eigenvalue weighted by Gasteiger charge is -2.23. The fraction of sp³-hybridized carbons (Fsp3) is 0.417. The second kappa shape index (κ2) is 7.05. The first-order valence-corrected chi connectivity index (χ1v) is 7.01. The molecule has 5 nitrogen and oxygen atoms in total. The molecule has 0 spiro atoms. The molecule has 0 saturated heterocycles. The molecule has 22 heavy (non-hydrogen) atoms. The SMILES string of the molecule is O=C(OCCCC(F)(F)C(F)(F)S(=O)O)c1cccc(O)c1. The van der Waals surface area contributed by atoms with E-state index in [1.54, 1.807) is 0 Å². The van der Waals surface area contributed by atoms with Crippen LogP contribution in [0.5, 0.6) is 5.75 Å². The van der Waals surface area contributed by atoms with Crippen LogP contribution in [-0.4, -0.2) is 37.6 Å². The van der Waals surface area contributed by atoms with Crippen molar-refractivity contribution in [2.75, 3.05) is 6.61 Å². The second-order valence-corrected chi connectivity index (χ2v) is 5.27. The van der Waals surface area contributed by atoms with Crippen LogP contribution in [0.25, 0.3) is 0 Å². The van der Waals surface area contributed by atoms with Crippen molar-refractivity contribution in [3.05, 3.63) is 29.8 Å². The van der Waals surface area contributed by atoms with Gasteiger partial charge in [0.05, 0.1) is 12.2 Å². The van der Waals surface area contributed by atoms with Crippen LogP contribution in [0.4, 0.5) is 17.6 Å². The van der Waals surface area contributed by atoms with Gasteiger partial charge in [0.2, 0.25) is 11.1 Å². The molecule has 0 amide bonds. The maximum Gasteiger partial charge on any atom is 0.406 e. The number of hydrogen-bond acceptors (Lipinski definition) is 4. The Hall–Kier alpha value is -1.68. The lowest BCUT2D eigenvalue weighted by atomic mass is 10.2. The van der Waals surface area contributed by atoms with Crippen LogP contribution in [0.3, 0.4) is 0 Å². The van der Waals surface area contributed by atoms with Gasteiger partial charge in [0, 0.05) is 6.42 Å². The van der Waals surface area contributed by atoms with E-state index in [0.717, 1.165) is 6.07 Å². The highest BCUT2D eigenvalue weighted by molar-refractivity contribution is 7.80. The highest BCUT2D eigenvalue weighted by Crippen LogP contribution is 2.39. The predicted molar refractivity (Wildman–Crippen MR) is 68.3 cm³/mol. The van der Waals surface area contributed by atoms with E-state index in [-0.39, 0.29) is 11.3 Å². The fourth-order valence-electron chi connectivity index (χ4n) is 1.45. The Morgan fingerprint density at radius 2 is 1.91 bits per heavy atom. The van der Waals surface area contributed by atoms with Gasteiger partial charge >= 0.3 is 17.1 Å². The molecule has 0 aliphatic rings. The van der Waals surface area contributed by atoms with Crippen molar-refractivity contribution in [1.29, 1.82) is 0 Å². The normalized spacial score (nSPS) is 13.7. The van der Waals surface area contributed by atoms with E-state index in [9.17, 15) is 26.6 Å². The number of alkyl halides is 4. The first-order chi connectivity index (χ1) is 10.1. The summed E-state index contributed by atoms with van der Waals surface area (Å²) in [4.78, 5) is 11.5. The van der Waals surface area contributed by atoms with Gasteiger partial charge in [0.15, 0.2) is 0 Å². The Balaban J connectivity index is 2.48. The van der Waals surface area contributed by atoms with Crippen molar-refractivity contribution in [2.24, 2.45) is 0 Å². The fourth-order valence-corrected chi connectivity index (χ4v) is 1.81. The lowest BCUT2D eigenvalue weighted by Crippen LogP contribution is -2.44. The third-order valence-electron chi connectivity index (χ3n) is 2.60. The molecule has 0 bridgehead atoms. The molecule has 0 radical (unpaired) electrons. The zero-order chi connectivity index (χ0) is 17.0. The molecule has 1 atom stereocenters. The van der Waals surface area contributed by atoms with E-state index >= 15 is 0 Å². The summed E-state index contributed by atoms with van der Waals surface area (Å²) < 4.78 is 74.7. The second-order valence-electron chi connectivity index (χ2n) is 4.26. The smallest absolute Gasteiger partial charge is 0.406 e. The van der Waals surface area contributed by atoms with E-state index in [2.05, 4.69) is 4.74 Å². The minimum Gasteiger partial charge on any atom is -0.508 e. The number of rotatable bonds is 7. The van der Waals surface area contributed by atoms with Crippen LogP contribution in [0.15, 0.2) is 24.3 Å². The molecule has 0 saturated carbocycles. The predicted octanol–water partition coefficient (Wildman–Crippen LogP) is 2.78. The number of aromatic hydroxyl groups is 1. The highest BCUT2D eigenvalue weighted by Gasteiger charge is 2.60. The van der Waals surface area contributed by atoms with Crippen molar-refractivity contribution in [3.63, 3.8) is 0 Å². The number of carbonyl (C=O) groups is 1. The van der Waals surface area contributed by atoms with Crippen molar-refractivity contribution in [3.8, 4) is 5.75 Å². The van der Waals surface area contributed by atoms with Crippen LogP contribution < -0.4 is 0 Å². The number of carbonyl (C=O) groups excluding carboxylic acids is 1. The van der Waals surface area contributed by atoms with E-state index in [4.69, 9.17) is 9.66 Å². The monoisotopic (exact) mass is 344 g/mol. The van der Waals surface area contributed by atoms with Crippen LogP contribution in [0.2, 0.25) is 0 Å². The van der Waals surface area contributed by atoms with E-state index < -0.39 is 47.7 Å². The first-order valence-electron chi connectivity index (χ1n) is 5.90. The standard InChI is InChI=1S/C12H12F4O5S/c13-11(14,12(15,16)22(19)20)5-2-6-21-10(18)8-3-1-4-9(17)7-8/h1,3-4,7,17H,2,5-6H2,(H,19,20). The molecule has 1 unspecified atom stereocenters. The first kappa shape index (κ1) is 18.4. The van der Waals surface area contributed by atoms with E-state index in [0.29, 0.717) is 0 Å². The summed E-state index contributed by atoms with van der Waals surface area (Å²) in [6, 6.07) is 5.05. The summed E-state index contributed by atoms with van der Waals surface area (Å²) in [5.41, 5.74) is -0.0337. The van der Waals surface area contributed by atoms with Crippen molar-refractivity contribution in [2.45, 2.75) is 24.0 Å². The van der Waals surface area contributed by atoms with Gasteiger partial charge in [-0.05, 0) is 24.6 Å². The molecule has 0 heterocycles. The van der Waals surface area contributed by atoms with Gasteiger partial charge in [0.1, 0.15) is 5.75 Å². The van der Waals surface area contributed by atoms with Gasteiger partial charge < -0.3 is 14.4 Å². The van der Waals surface area contributed by atoms with Gasteiger partial charge in [-0.25, -0.2) is 9.00 Å². The maximum atomic E-state index is 13.1. The summed E-state index contributed by atoms with van der Waals surface area (Å²) in [7, 11) is 0. The largest absolute Gasteiger partial charge is 0.508 e. The van der Waals surface area contributed by atoms with Crippen LogP contribution >= 0.6 is 0 Å². The Labute approximate surface area is 125 Å². The van der Waals surface area contributed by atoms with Crippen LogP contribution in [0.1, 0.15) is 23.2 Å². The highest BCUT2D eigenvalue weighted by atomic mass is 32.2. The molecular weight excluding hydrogens is 332 g/mol. The van der Waals surface area contributed by atoms with Gasteiger partial charge in [-0.2, -0.15) is 17.6 Å². The molecule has 10 heteroatoms. The van der Waals surface area contributed by atoms with Crippen molar-refractivity contribution < 1.29 is 41.0 Å². The number of esters is 1. The molecule has 0 aromatic heterocycles. The molecule has 1 rings (SSSR count). The van der Waals surface area contributed by atoms with Gasteiger partial charge in [-0.3, -0.25) is 0 Å². The van der Waals surface area contributed by atoms with Gasteiger partial charge in [0.25, 0.3) is 0 Å². The summed E-state index contributed by atoms with van der Waals surface area (Å²) >= 11 is -4.01. The Kier molecular flexibility index (Phi) is 5.89. The van der Waals surface area contributed by atoms with E-state index in [1.165, 1.54) is 18.2 Å². The number of phenols is 1. The average molecular weight is 344 g/mol. The summed E-state index contributed by atoms with van der Waals surface area (Å²) in [5, 5.41) is 4.06.